The summed E-state index contributed by atoms with van der Waals surface area (Å²) >= 11 is 7.66. The van der Waals surface area contributed by atoms with E-state index in [-0.39, 0.29) is 31.5 Å². The summed E-state index contributed by atoms with van der Waals surface area (Å²) in [5.41, 5.74) is 1.76. The van der Waals surface area contributed by atoms with E-state index in [9.17, 15) is 9.59 Å². The molecule has 31 heavy (non-hydrogen) atoms. The Morgan fingerprint density at radius 3 is 2.58 bits per heavy atom. The van der Waals surface area contributed by atoms with E-state index in [1.54, 1.807) is 13.0 Å². The number of likely N-dealkylation sites (N-methyl/N-ethyl adjacent to an activating group) is 1. The first-order valence-electron chi connectivity index (χ1n) is 10.1. The number of esters is 1. The summed E-state index contributed by atoms with van der Waals surface area (Å²) in [6.07, 6.45) is 2.09. The van der Waals surface area contributed by atoms with Crippen LogP contribution in [0.4, 0.5) is 5.00 Å². The van der Waals surface area contributed by atoms with Gasteiger partial charge in [0.2, 0.25) is 5.91 Å². The lowest BCUT2D eigenvalue weighted by molar-refractivity contribution is -0.117. The van der Waals surface area contributed by atoms with Gasteiger partial charge in [-0.2, -0.15) is 0 Å². The van der Waals surface area contributed by atoms with Gasteiger partial charge in [0.05, 0.1) is 13.2 Å². The molecule has 0 unspecified atom stereocenters. The first kappa shape index (κ1) is 25.6. The molecule has 1 aliphatic heterocycles. The SMILES string of the molecule is CCOC(=O)c1c(-c2ccccc2Cl)csc1NC(=O)CN(C)C1CCN(C)CC1.[Cl-]. The van der Waals surface area contributed by atoms with Crippen LogP contribution in [0.25, 0.3) is 11.1 Å². The standard InChI is InChI=1S/C22H28ClN3O3S.ClH/c1-4-29-22(28)20-17(16-7-5-6-8-18(16)23)14-30-21(20)24-19(27)13-26(3)15-9-11-25(2)12-10-15;/h5-8,14-15H,4,9-13H2,1-3H3,(H,24,27);1H/p-1. The van der Waals surface area contributed by atoms with E-state index in [1.807, 2.05) is 30.6 Å². The Balaban J connectivity index is 0.00000341. The minimum absolute atomic E-state index is 0. The number of nitrogens with zero attached hydrogens (tertiary/aromatic N) is 2. The van der Waals surface area contributed by atoms with Gasteiger partial charge in [-0.25, -0.2) is 4.79 Å². The van der Waals surface area contributed by atoms with E-state index < -0.39 is 5.97 Å². The number of benzene rings is 1. The van der Waals surface area contributed by atoms with Crippen molar-refractivity contribution in [2.24, 2.45) is 0 Å². The molecule has 0 saturated carbocycles. The molecule has 1 aromatic heterocycles. The maximum Gasteiger partial charge on any atom is 0.341 e. The molecule has 0 aliphatic carbocycles. The summed E-state index contributed by atoms with van der Waals surface area (Å²) in [5, 5.41) is 5.79. The molecule has 1 saturated heterocycles. The van der Waals surface area contributed by atoms with Crippen molar-refractivity contribution in [3.8, 4) is 11.1 Å². The molecule has 3 rings (SSSR count). The topological polar surface area (TPSA) is 61.9 Å². The van der Waals surface area contributed by atoms with Crippen LogP contribution in [0, 0.1) is 0 Å². The summed E-state index contributed by atoms with van der Waals surface area (Å²) < 4.78 is 5.26. The fourth-order valence-corrected chi connectivity index (χ4v) is 4.89. The lowest BCUT2D eigenvalue weighted by Gasteiger charge is -2.34. The number of amides is 1. The van der Waals surface area contributed by atoms with Gasteiger partial charge in [0.15, 0.2) is 0 Å². The summed E-state index contributed by atoms with van der Waals surface area (Å²) in [6, 6.07) is 7.72. The van der Waals surface area contributed by atoms with Crippen molar-refractivity contribution in [3.05, 3.63) is 40.2 Å². The van der Waals surface area contributed by atoms with Gasteiger partial charge in [-0.1, -0.05) is 29.8 Å². The van der Waals surface area contributed by atoms with Gasteiger partial charge < -0.3 is 27.4 Å². The maximum atomic E-state index is 12.7. The number of carbonyl (C=O) groups excluding carboxylic acids is 2. The predicted octanol–water partition coefficient (Wildman–Crippen LogP) is 1.21. The third-order valence-corrected chi connectivity index (χ3v) is 6.62. The quantitative estimate of drug-likeness (QED) is 0.598. The highest BCUT2D eigenvalue weighted by Crippen LogP contribution is 2.39. The zero-order valence-corrected chi connectivity index (χ0v) is 20.3. The molecule has 1 amide bonds. The number of hydrogen-bond acceptors (Lipinski definition) is 6. The Labute approximate surface area is 198 Å². The van der Waals surface area contributed by atoms with Crippen LogP contribution in [0.1, 0.15) is 30.1 Å². The Kier molecular flexibility index (Phi) is 9.78. The van der Waals surface area contributed by atoms with E-state index in [0.29, 0.717) is 27.2 Å². The second-order valence-electron chi connectivity index (χ2n) is 7.55. The number of likely N-dealkylation sites (tertiary alicyclic amines) is 1. The summed E-state index contributed by atoms with van der Waals surface area (Å²) in [5.74, 6) is -0.609. The molecule has 9 heteroatoms. The van der Waals surface area contributed by atoms with E-state index in [0.717, 1.165) is 31.5 Å². The molecule has 0 spiro atoms. The molecular formula is C22H28Cl2N3O3S-. The van der Waals surface area contributed by atoms with Crippen molar-refractivity contribution in [1.29, 1.82) is 0 Å². The number of thiophene rings is 1. The molecular weight excluding hydrogens is 457 g/mol. The normalized spacial score (nSPS) is 14.9. The van der Waals surface area contributed by atoms with Gasteiger partial charge in [0.25, 0.3) is 0 Å². The first-order valence-corrected chi connectivity index (χ1v) is 11.4. The number of halogens is 2. The van der Waals surface area contributed by atoms with Crippen molar-refractivity contribution in [2.75, 3.05) is 45.7 Å². The summed E-state index contributed by atoms with van der Waals surface area (Å²) in [7, 11) is 4.10. The third kappa shape index (κ3) is 6.43. The zero-order valence-electron chi connectivity index (χ0n) is 18.0. The first-order chi connectivity index (χ1) is 14.4. The molecule has 0 atom stereocenters. The van der Waals surface area contributed by atoms with Crippen molar-refractivity contribution in [3.63, 3.8) is 0 Å². The number of rotatable bonds is 7. The van der Waals surface area contributed by atoms with Gasteiger partial charge in [-0.3, -0.25) is 9.69 Å². The van der Waals surface area contributed by atoms with Crippen LogP contribution in [0.2, 0.25) is 5.02 Å². The van der Waals surface area contributed by atoms with Crippen LogP contribution in [0.5, 0.6) is 0 Å². The molecule has 1 fully saturated rings. The largest absolute Gasteiger partial charge is 1.00 e. The minimum Gasteiger partial charge on any atom is -1.00 e. The van der Waals surface area contributed by atoms with Crippen LogP contribution >= 0.6 is 22.9 Å². The summed E-state index contributed by atoms with van der Waals surface area (Å²) in [6.45, 7) is 4.36. The number of hydrogen-bond donors (Lipinski definition) is 1. The highest BCUT2D eigenvalue weighted by molar-refractivity contribution is 7.15. The van der Waals surface area contributed by atoms with Crippen LogP contribution in [-0.4, -0.2) is 68.1 Å². The van der Waals surface area contributed by atoms with E-state index in [1.165, 1.54) is 11.3 Å². The molecule has 0 radical (unpaired) electrons. The lowest BCUT2D eigenvalue weighted by atomic mass is 10.0. The maximum absolute atomic E-state index is 12.7. The van der Waals surface area contributed by atoms with Crippen molar-refractivity contribution in [2.45, 2.75) is 25.8 Å². The Morgan fingerprint density at radius 1 is 1.26 bits per heavy atom. The monoisotopic (exact) mass is 484 g/mol. The summed E-state index contributed by atoms with van der Waals surface area (Å²) in [4.78, 5) is 29.8. The molecule has 1 aromatic carbocycles. The fraction of sp³-hybridized carbons (Fsp3) is 0.455. The number of anilines is 1. The second-order valence-corrected chi connectivity index (χ2v) is 8.84. The number of piperidine rings is 1. The van der Waals surface area contributed by atoms with Gasteiger partial charge >= 0.3 is 5.97 Å². The van der Waals surface area contributed by atoms with E-state index in [2.05, 4.69) is 22.2 Å². The molecule has 2 aromatic rings. The Hall–Kier alpha value is -1.64. The van der Waals surface area contributed by atoms with E-state index in [4.69, 9.17) is 16.3 Å². The van der Waals surface area contributed by atoms with Crippen LogP contribution < -0.4 is 17.7 Å². The smallest absolute Gasteiger partial charge is 0.341 e. The van der Waals surface area contributed by atoms with Gasteiger partial charge in [-0.05, 0) is 53.0 Å². The molecule has 170 valence electrons. The van der Waals surface area contributed by atoms with Crippen molar-refractivity contribution < 1.29 is 26.7 Å². The molecule has 6 nitrogen and oxygen atoms in total. The van der Waals surface area contributed by atoms with Crippen LogP contribution in [-0.2, 0) is 9.53 Å². The van der Waals surface area contributed by atoms with Crippen molar-refractivity contribution >= 4 is 39.8 Å². The highest BCUT2D eigenvalue weighted by Gasteiger charge is 2.26. The Bertz CT molecular complexity index is 898. The second kappa shape index (κ2) is 11.8. The minimum atomic E-state index is -0.465. The number of carbonyl (C=O) groups is 2. The van der Waals surface area contributed by atoms with Crippen molar-refractivity contribution in [1.82, 2.24) is 9.80 Å². The predicted molar refractivity (Wildman–Crippen MR) is 123 cm³/mol. The average molecular weight is 485 g/mol. The van der Waals surface area contributed by atoms with Crippen LogP contribution in [0.3, 0.4) is 0 Å². The van der Waals surface area contributed by atoms with E-state index >= 15 is 0 Å². The van der Waals surface area contributed by atoms with Crippen LogP contribution in [0.15, 0.2) is 29.6 Å². The number of ether oxygens (including phenoxy) is 1. The highest BCUT2D eigenvalue weighted by atomic mass is 35.5. The molecule has 1 N–H and O–H groups in total. The number of nitrogens with one attached hydrogen (secondary N) is 1. The van der Waals surface area contributed by atoms with Gasteiger partial charge in [0.1, 0.15) is 10.6 Å². The molecule has 2 heterocycles. The fourth-order valence-electron chi connectivity index (χ4n) is 3.69. The molecule has 1 aliphatic rings. The molecule has 0 bridgehead atoms. The average Bonchev–Trinajstić information content (AvgIpc) is 3.12. The third-order valence-electron chi connectivity index (χ3n) is 5.39. The lowest BCUT2D eigenvalue weighted by Crippen LogP contribution is -3.00. The zero-order chi connectivity index (χ0) is 21.7. The Morgan fingerprint density at radius 2 is 1.94 bits per heavy atom. The van der Waals surface area contributed by atoms with Gasteiger partial charge in [0, 0.05) is 27.6 Å². The van der Waals surface area contributed by atoms with Gasteiger partial charge in [-0.15, -0.1) is 11.3 Å².